The predicted molar refractivity (Wildman–Crippen MR) is 161 cm³/mol. The number of phenolic OH excluding ortho intramolecular Hbond substituents is 1. The zero-order chi connectivity index (χ0) is 31.1. The summed E-state index contributed by atoms with van der Waals surface area (Å²) in [6.07, 6.45) is 2.77. The van der Waals surface area contributed by atoms with E-state index in [1.54, 1.807) is 12.1 Å². The summed E-state index contributed by atoms with van der Waals surface area (Å²) in [6.45, 7) is 4.98. The number of hydrogen-bond acceptors (Lipinski definition) is 11. The summed E-state index contributed by atoms with van der Waals surface area (Å²) < 4.78 is 27.8. The molecule has 2 heterocycles. The Labute approximate surface area is 257 Å². The normalized spacial score (nSPS) is 21.3. The lowest BCUT2D eigenvalue weighted by Crippen LogP contribution is -2.46. The van der Waals surface area contributed by atoms with Crippen LogP contribution in [0.3, 0.4) is 0 Å². The van der Waals surface area contributed by atoms with Gasteiger partial charge < -0.3 is 55.8 Å². The smallest absolute Gasteiger partial charge is 0.315 e. The molecule has 1 unspecified atom stereocenters. The second kappa shape index (κ2) is 14.7. The number of carbonyl (C=O) groups is 2. The van der Waals surface area contributed by atoms with Gasteiger partial charge in [0.2, 0.25) is 12.5 Å². The summed E-state index contributed by atoms with van der Waals surface area (Å²) in [7, 11) is 2.91. The van der Waals surface area contributed by atoms with Gasteiger partial charge in [-0.2, -0.15) is 0 Å². The molecule has 2 aromatic carbocycles. The molecule has 0 bridgehead atoms. The van der Waals surface area contributed by atoms with Gasteiger partial charge in [0.25, 0.3) is 0 Å². The highest BCUT2D eigenvalue weighted by molar-refractivity contribution is 5.80. The van der Waals surface area contributed by atoms with Crippen molar-refractivity contribution in [1.82, 2.24) is 21.3 Å². The lowest BCUT2D eigenvalue weighted by Gasteiger charge is -2.39. The van der Waals surface area contributed by atoms with Crippen LogP contribution in [0.25, 0.3) is 0 Å². The van der Waals surface area contributed by atoms with E-state index in [4.69, 9.17) is 29.4 Å². The Morgan fingerprint density at radius 1 is 0.909 bits per heavy atom. The molecule has 2 aromatic rings. The number of benzene rings is 2. The van der Waals surface area contributed by atoms with Crippen LogP contribution in [0, 0.1) is 11.8 Å². The maximum Gasteiger partial charge on any atom is 0.315 e. The summed E-state index contributed by atoms with van der Waals surface area (Å²) in [6, 6.07) is 6.30. The fraction of sp³-hybridized carbons (Fsp3) is 0.548. The SMILES string of the molecule is COc1cc(C2c3cc4c(cc3[C@@H](NC(=O)NCCCNCCCNCCCN)[C@H]3COC(=O)[C@H]23)OCO4)cc(OC)c1O. The highest BCUT2D eigenvalue weighted by atomic mass is 16.7. The molecule has 7 N–H and O–H groups in total. The minimum Gasteiger partial charge on any atom is -0.502 e. The number of nitrogens with two attached hydrogens (primary N) is 1. The maximum absolute atomic E-state index is 13.3. The zero-order valence-corrected chi connectivity index (χ0v) is 25.3. The molecule has 2 amide bonds. The first-order valence-electron chi connectivity index (χ1n) is 15.2. The van der Waals surface area contributed by atoms with Gasteiger partial charge in [-0.15, -0.1) is 0 Å². The number of carbonyl (C=O) groups excluding carboxylic acids is 2. The van der Waals surface area contributed by atoms with Gasteiger partial charge in [0.1, 0.15) is 0 Å². The average molecular weight is 614 g/mol. The van der Waals surface area contributed by atoms with Crippen LogP contribution in [0.1, 0.15) is 47.9 Å². The average Bonchev–Trinajstić information content (AvgIpc) is 3.65. The van der Waals surface area contributed by atoms with Crippen molar-refractivity contribution in [3.05, 3.63) is 41.0 Å². The first-order valence-corrected chi connectivity index (χ1v) is 15.2. The third kappa shape index (κ3) is 6.74. The molecular formula is C31H43N5O8. The third-order valence-corrected chi connectivity index (χ3v) is 8.42. The molecule has 1 fully saturated rings. The van der Waals surface area contributed by atoms with Crippen LogP contribution in [-0.4, -0.2) is 84.0 Å². The summed E-state index contributed by atoms with van der Waals surface area (Å²) in [5.74, 6) is -0.368. The molecule has 13 nitrogen and oxygen atoms in total. The Kier molecular flexibility index (Phi) is 10.5. The van der Waals surface area contributed by atoms with E-state index in [-0.39, 0.29) is 48.6 Å². The quantitative estimate of drug-likeness (QED) is 0.127. The van der Waals surface area contributed by atoms with E-state index >= 15 is 0 Å². The molecule has 4 atom stereocenters. The number of nitrogens with one attached hydrogen (secondary N) is 4. The molecule has 1 saturated heterocycles. The van der Waals surface area contributed by atoms with E-state index in [1.165, 1.54) is 14.2 Å². The van der Waals surface area contributed by atoms with E-state index in [9.17, 15) is 14.7 Å². The van der Waals surface area contributed by atoms with Crippen molar-refractivity contribution in [2.45, 2.75) is 31.2 Å². The van der Waals surface area contributed by atoms with Gasteiger partial charge in [0.15, 0.2) is 23.0 Å². The van der Waals surface area contributed by atoms with Crippen molar-refractivity contribution >= 4 is 12.0 Å². The molecule has 0 spiro atoms. The molecule has 0 radical (unpaired) electrons. The topological polar surface area (TPSA) is 175 Å². The van der Waals surface area contributed by atoms with Gasteiger partial charge in [-0.25, -0.2) is 4.79 Å². The van der Waals surface area contributed by atoms with Gasteiger partial charge in [0, 0.05) is 18.4 Å². The van der Waals surface area contributed by atoms with Crippen LogP contribution in [0.15, 0.2) is 24.3 Å². The molecule has 3 aliphatic rings. The molecule has 1 aliphatic carbocycles. The monoisotopic (exact) mass is 613 g/mol. The number of aromatic hydroxyl groups is 1. The zero-order valence-electron chi connectivity index (χ0n) is 25.3. The van der Waals surface area contributed by atoms with E-state index in [0.717, 1.165) is 56.6 Å². The number of rotatable bonds is 15. The number of urea groups is 1. The van der Waals surface area contributed by atoms with Crippen molar-refractivity contribution in [2.24, 2.45) is 17.6 Å². The summed E-state index contributed by atoms with van der Waals surface area (Å²) in [5.41, 5.74) is 7.80. The molecule has 44 heavy (non-hydrogen) atoms. The van der Waals surface area contributed by atoms with Crippen molar-refractivity contribution < 1.29 is 38.4 Å². The number of methoxy groups -OCH3 is 2. The number of hydrogen-bond donors (Lipinski definition) is 6. The molecule has 13 heteroatoms. The van der Waals surface area contributed by atoms with Crippen LogP contribution in [0.4, 0.5) is 4.79 Å². The van der Waals surface area contributed by atoms with Gasteiger partial charge in [0.05, 0.1) is 32.8 Å². The van der Waals surface area contributed by atoms with Crippen LogP contribution in [0.5, 0.6) is 28.7 Å². The van der Waals surface area contributed by atoms with E-state index in [2.05, 4.69) is 21.3 Å². The largest absolute Gasteiger partial charge is 0.502 e. The predicted octanol–water partition coefficient (Wildman–Crippen LogP) is 1.72. The van der Waals surface area contributed by atoms with Crippen LogP contribution in [-0.2, 0) is 9.53 Å². The van der Waals surface area contributed by atoms with Gasteiger partial charge in [-0.1, -0.05) is 0 Å². The summed E-state index contributed by atoms with van der Waals surface area (Å²) in [5, 5.41) is 23.4. The van der Waals surface area contributed by atoms with Gasteiger partial charge in [-0.3, -0.25) is 4.79 Å². The van der Waals surface area contributed by atoms with Crippen LogP contribution in [0.2, 0.25) is 0 Å². The van der Waals surface area contributed by atoms with Crippen LogP contribution < -0.4 is 45.9 Å². The van der Waals surface area contributed by atoms with E-state index in [0.29, 0.717) is 30.2 Å². The van der Waals surface area contributed by atoms with Crippen molar-refractivity contribution in [1.29, 1.82) is 0 Å². The Hall–Kier alpha value is -3.94. The van der Waals surface area contributed by atoms with Gasteiger partial charge >= 0.3 is 12.0 Å². The number of amides is 2. The first-order chi connectivity index (χ1) is 21.5. The molecular weight excluding hydrogens is 570 g/mol. The number of cyclic esters (lactones) is 1. The second-order valence-corrected chi connectivity index (χ2v) is 11.1. The first kappa shape index (κ1) is 31.5. The second-order valence-electron chi connectivity index (χ2n) is 11.1. The summed E-state index contributed by atoms with van der Waals surface area (Å²) >= 11 is 0. The number of fused-ring (bicyclic) bond motifs is 3. The van der Waals surface area contributed by atoms with Gasteiger partial charge in [-0.05, 0) is 92.9 Å². The van der Waals surface area contributed by atoms with E-state index < -0.39 is 17.9 Å². The fourth-order valence-corrected chi connectivity index (χ4v) is 6.26. The lowest BCUT2D eigenvalue weighted by atomic mass is 9.65. The molecule has 0 saturated carbocycles. The summed E-state index contributed by atoms with van der Waals surface area (Å²) in [4.78, 5) is 26.4. The Balaban J connectivity index is 1.30. The highest BCUT2D eigenvalue weighted by Crippen LogP contribution is 2.55. The van der Waals surface area contributed by atoms with Crippen molar-refractivity contribution in [2.75, 3.05) is 66.9 Å². The Morgan fingerprint density at radius 3 is 2.16 bits per heavy atom. The van der Waals surface area contributed by atoms with Crippen molar-refractivity contribution in [3.8, 4) is 28.7 Å². The number of ether oxygens (including phenoxy) is 5. The van der Waals surface area contributed by atoms with Crippen LogP contribution >= 0.6 is 0 Å². The maximum atomic E-state index is 13.3. The minimum atomic E-state index is -0.610. The van der Waals surface area contributed by atoms with E-state index in [1.807, 2.05) is 12.1 Å². The standard InChI is InChI=1S/C31H43N5O8/c1-40-24-12-18(13-25(41-2)29(24)37)26-19-14-22-23(44-17-43-22)15-20(19)28(21-16-42-30(38)27(21)26)36-31(39)35-11-5-10-34-9-4-8-33-7-3-6-32/h12-15,21,26-28,33-34,37H,3-11,16-17,32H2,1-2H3,(H2,35,36,39)/t21-,26?,27-,28+/m0/s1. The Morgan fingerprint density at radius 2 is 1.52 bits per heavy atom. The minimum absolute atomic E-state index is 0.0794. The molecule has 240 valence electrons. The number of esters is 1. The molecule has 2 aliphatic heterocycles. The third-order valence-electron chi connectivity index (χ3n) is 8.42. The lowest BCUT2D eigenvalue weighted by molar-refractivity contribution is -0.141. The highest BCUT2D eigenvalue weighted by Gasteiger charge is 2.53. The molecule has 5 rings (SSSR count). The number of phenols is 1. The molecule has 0 aromatic heterocycles. The Bertz CT molecular complexity index is 1300. The van der Waals surface area contributed by atoms with Crippen molar-refractivity contribution in [3.63, 3.8) is 0 Å². The fourth-order valence-electron chi connectivity index (χ4n) is 6.26.